The van der Waals surface area contributed by atoms with Gasteiger partial charge in [-0.15, -0.1) is 0 Å². The van der Waals surface area contributed by atoms with Gasteiger partial charge in [-0.1, -0.05) is 33.3 Å². The minimum Gasteiger partial charge on any atom is -0.496 e. The zero-order valence-corrected chi connectivity index (χ0v) is 16.7. The number of hydrogen-bond donors (Lipinski definition) is 2. The highest BCUT2D eigenvalue weighted by atomic mass is 16.5. The first-order valence-corrected chi connectivity index (χ1v) is 9.57. The third-order valence-electron chi connectivity index (χ3n) is 4.90. The molecule has 1 aromatic carbocycles. The van der Waals surface area contributed by atoms with Gasteiger partial charge in [0.1, 0.15) is 11.5 Å². The lowest BCUT2D eigenvalue weighted by Crippen LogP contribution is -2.43. The van der Waals surface area contributed by atoms with Crippen LogP contribution in [-0.2, 0) is 6.42 Å². The zero-order chi connectivity index (χ0) is 18.9. The number of nitrogens with two attached hydrogens (primary N) is 1. The summed E-state index contributed by atoms with van der Waals surface area (Å²) in [5.41, 5.74) is 6.76. The van der Waals surface area contributed by atoms with Crippen LogP contribution in [0.15, 0.2) is 18.2 Å². The predicted molar refractivity (Wildman–Crippen MR) is 104 cm³/mol. The molecule has 0 aromatic heterocycles. The van der Waals surface area contributed by atoms with Gasteiger partial charge in [-0.25, -0.2) is 0 Å². The molecule has 0 aliphatic heterocycles. The largest absolute Gasteiger partial charge is 0.496 e. The van der Waals surface area contributed by atoms with E-state index in [2.05, 4.69) is 20.8 Å². The smallest absolute Gasteiger partial charge is 0.125 e. The molecule has 0 saturated heterocycles. The van der Waals surface area contributed by atoms with Gasteiger partial charge < -0.3 is 20.3 Å². The number of ether oxygens (including phenoxy) is 2. The number of methoxy groups -OCH3 is 1. The van der Waals surface area contributed by atoms with Crippen molar-refractivity contribution in [3.8, 4) is 11.5 Å². The normalized spacial score (nSPS) is 15.0. The maximum Gasteiger partial charge on any atom is 0.125 e. The molecule has 25 heavy (non-hydrogen) atoms. The quantitative estimate of drug-likeness (QED) is 0.588. The van der Waals surface area contributed by atoms with Gasteiger partial charge in [-0.3, -0.25) is 0 Å². The molecular formula is C21H37NO3. The molecule has 0 aliphatic carbocycles. The lowest BCUT2D eigenvalue weighted by atomic mass is 9.90. The molecule has 0 amide bonds. The first-order chi connectivity index (χ1) is 11.8. The van der Waals surface area contributed by atoms with Crippen molar-refractivity contribution in [3.05, 3.63) is 23.8 Å². The fourth-order valence-corrected chi connectivity index (χ4v) is 2.86. The molecule has 2 atom stereocenters. The summed E-state index contributed by atoms with van der Waals surface area (Å²) in [6.07, 6.45) is 5.93. The number of aliphatic hydroxyl groups is 1. The Morgan fingerprint density at radius 3 is 2.48 bits per heavy atom. The van der Waals surface area contributed by atoms with Gasteiger partial charge >= 0.3 is 0 Å². The van der Waals surface area contributed by atoms with Crippen LogP contribution in [0.5, 0.6) is 11.5 Å². The first kappa shape index (κ1) is 21.8. The maximum absolute atomic E-state index is 9.46. The van der Waals surface area contributed by atoms with Crippen molar-refractivity contribution in [2.75, 3.05) is 13.7 Å². The highest BCUT2D eigenvalue weighted by Gasteiger charge is 2.22. The van der Waals surface area contributed by atoms with Crippen LogP contribution in [0.2, 0.25) is 0 Å². The number of aryl methyl sites for hydroxylation is 1. The Kier molecular flexibility index (Phi) is 9.30. The molecule has 0 saturated carbocycles. The fourth-order valence-electron chi connectivity index (χ4n) is 2.86. The van der Waals surface area contributed by atoms with Crippen LogP contribution in [-0.4, -0.2) is 30.5 Å². The number of hydrogen-bond acceptors (Lipinski definition) is 4. The molecule has 4 heteroatoms. The van der Waals surface area contributed by atoms with Gasteiger partial charge in [0.15, 0.2) is 0 Å². The summed E-state index contributed by atoms with van der Waals surface area (Å²) in [6.45, 7) is 8.62. The molecule has 1 unspecified atom stereocenters. The minimum absolute atomic E-state index is 0.000895. The van der Waals surface area contributed by atoms with E-state index in [1.165, 1.54) is 12.8 Å². The summed E-state index contributed by atoms with van der Waals surface area (Å²) in [4.78, 5) is 0. The van der Waals surface area contributed by atoms with E-state index < -0.39 is 5.54 Å². The van der Waals surface area contributed by atoms with Gasteiger partial charge in [0.25, 0.3) is 0 Å². The monoisotopic (exact) mass is 351 g/mol. The highest BCUT2D eigenvalue weighted by molar-refractivity contribution is 5.41. The Bertz CT molecular complexity index is 498. The van der Waals surface area contributed by atoms with Gasteiger partial charge in [-0.2, -0.15) is 0 Å². The van der Waals surface area contributed by atoms with Crippen molar-refractivity contribution in [1.82, 2.24) is 0 Å². The highest BCUT2D eigenvalue weighted by Crippen LogP contribution is 2.28. The fraction of sp³-hybridized carbons (Fsp3) is 0.714. The van der Waals surface area contributed by atoms with Gasteiger partial charge in [0.05, 0.1) is 19.8 Å². The molecule has 0 fully saturated rings. The summed E-state index contributed by atoms with van der Waals surface area (Å²) in [5, 5.41) is 9.46. The molecule has 3 N–H and O–H groups in total. The Labute approximate surface area is 153 Å². The topological polar surface area (TPSA) is 64.7 Å². The first-order valence-electron chi connectivity index (χ1n) is 9.57. The second-order valence-corrected chi connectivity index (χ2v) is 7.60. The Balaban J connectivity index is 2.65. The molecule has 0 bridgehead atoms. The predicted octanol–water partition coefficient (Wildman–Crippen LogP) is 4.32. The Hall–Kier alpha value is -1.26. The molecule has 0 aliphatic rings. The van der Waals surface area contributed by atoms with E-state index in [0.29, 0.717) is 0 Å². The van der Waals surface area contributed by atoms with E-state index in [1.54, 1.807) is 7.11 Å². The van der Waals surface area contributed by atoms with E-state index in [1.807, 2.05) is 25.1 Å². The van der Waals surface area contributed by atoms with Crippen LogP contribution in [0.1, 0.15) is 65.4 Å². The SMILES string of the molecule is CC[C@@](N)(CO)CCc1ccc(OC(C)CCCC(C)C)cc1OC. The van der Waals surface area contributed by atoms with Crippen LogP contribution in [0.25, 0.3) is 0 Å². The van der Waals surface area contributed by atoms with E-state index in [-0.39, 0.29) is 12.7 Å². The average molecular weight is 352 g/mol. The van der Waals surface area contributed by atoms with Crippen LogP contribution in [0.3, 0.4) is 0 Å². The molecule has 4 nitrogen and oxygen atoms in total. The van der Waals surface area contributed by atoms with Gasteiger partial charge in [0, 0.05) is 11.6 Å². The number of aliphatic hydroxyl groups excluding tert-OH is 1. The van der Waals surface area contributed by atoms with Crippen molar-refractivity contribution in [2.24, 2.45) is 11.7 Å². The lowest BCUT2D eigenvalue weighted by Gasteiger charge is -2.26. The van der Waals surface area contributed by atoms with Crippen LogP contribution >= 0.6 is 0 Å². The van der Waals surface area contributed by atoms with E-state index in [4.69, 9.17) is 15.2 Å². The lowest BCUT2D eigenvalue weighted by molar-refractivity contribution is 0.182. The molecule has 1 aromatic rings. The summed E-state index contributed by atoms with van der Waals surface area (Å²) >= 11 is 0. The number of rotatable bonds is 12. The van der Waals surface area contributed by atoms with Crippen LogP contribution in [0.4, 0.5) is 0 Å². The summed E-state index contributed by atoms with van der Waals surface area (Å²) in [5.74, 6) is 2.40. The van der Waals surface area contributed by atoms with E-state index in [9.17, 15) is 5.11 Å². The molecule has 0 spiro atoms. The van der Waals surface area contributed by atoms with Crippen molar-refractivity contribution in [3.63, 3.8) is 0 Å². The van der Waals surface area contributed by atoms with Gasteiger partial charge in [0.2, 0.25) is 0 Å². The molecule has 0 radical (unpaired) electrons. The van der Waals surface area contributed by atoms with E-state index >= 15 is 0 Å². The maximum atomic E-state index is 9.46. The molecule has 144 valence electrons. The molecule has 0 heterocycles. The third-order valence-corrected chi connectivity index (χ3v) is 4.90. The summed E-state index contributed by atoms with van der Waals surface area (Å²) in [7, 11) is 1.68. The van der Waals surface area contributed by atoms with Gasteiger partial charge in [-0.05, 0) is 56.6 Å². The van der Waals surface area contributed by atoms with Crippen molar-refractivity contribution in [2.45, 2.75) is 77.9 Å². The van der Waals surface area contributed by atoms with E-state index in [0.717, 1.165) is 48.7 Å². The molecule has 1 rings (SSSR count). The zero-order valence-electron chi connectivity index (χ0n) is 16.7. The summed E-state index contributed by atoms with van der Waals surface area (Å²) < 4.78 is 11.6. The van der Waals surface area contributed by atoms with Crippen molar-refractivity contribution in [1.29, 1.82) is 0 Å². The third kappa shape index (κ3) is 7.66. The Morgan fingerprint density at radius 2 is 1.92 bits per heavy atom. The van der Waals surface area contributed by atoms with Crippen LogP contribution < -0.4 is 15.2 Å². The van der Waals surface area contributed by atoms with Crippen LogP contribution in [0, 0.1) is 5.92 Å². The second kappa shape index (κ2) is 10.7. The standard InChI is InChI=1S/C21H37NO3/c1-6-21(22,15-23)13-12-18-10-11-19(14-20(18)24-5)25-17(4)9-7-8-16(2)3/h10-11,14,16-17,23H,6-9,12-13,15,22H2,1-5H3/t17?,21-/m0/s1. The minimum atomic E-state index is -0.523. The summed E-state index contributed by atoms with van der Waals surface area (Å²) in [6, 6.07) is 6.00. The molecular weight excluding hydrogens is 314 g/mol. The van der Waals surface area contributed by atoms with Crippen molar-refractivity contribution >= 4 is 0 Å². The number of benzene rings is 1. The Morgan fingerprint density at radius 1 is 1.20 bits per heavy atom. The average Bonchev–Trinajstić information content (AvgIpc) is 2.59. The van der Waals surface area contributed by atoms with Crippen molar-refractivity contribution < 1.29 is 14.6 Å². The second-order valence-electron chi connectivity index (χ2n) is 7.60.